The number of fused-ring (bicyclic) bond motifs is 1. The van der Waals surface area contributed by atoms with E-state index in [0.717, 1.165) is 0 Å². The SMILES string of the molecule is Nc1ccccc1C(=O)N/N=C/c1ccc2no[n+]([O-])c2c1. The zero-order chi connectivity index (χ0) is 15.5. The highest BCUT2D eigenvalue weighted by atomic mass is 16.8. The van der Waals surface area contributed by atoms with Gasteiger partial charge >= 0.3 is 0 Å². The van der Waals surface area contributed by atoms with Gasteiger partial charge < -0.3 is 10.9 Å². The van der Waals surface area contributed by atoms with Gasteiger partial charge in [0.1, 0.15) is 0 Å². The Morgan fingerprint density at radius 3 is 3.00 bits per heavy atom. The third-order valence-corrected chi connectivity index (χ3v) is 2.99. The van der Waals surface area contributed by atoms with E-state index in [2.05, 4.69) is 20.3 Å². The van der Waals surface area contributed by atoms with Gasteiger partial charge in [-0.05, 0) is 34.7 Å². The molecule has 3 aromatic rings. The first kappa shape index (κ1) is 13.6. The number of anilines is 1. The number of hydrazone groups is 1. The van der Waals surface area contributed by atoms with Crippen LogP contribution in [0.1, 0.15) is 15.9 Å². The molecule has 1 heterocycles. The Morgan fingerprint density at radius 2 is 2.18 bits per heavy atom. The maximum atomic E-state index is 11.9. The Labute approximate surface area is 124 Å². The number of carbonyl (C=O) groups is 1. The van der Waals surface area contributed by atoms with Crippen LogP contribution in [0.25, 0.3) is 11.0 Å². The smallest absolute Gasteiger partial charge is 0.273 e. The van der Waals surface area contributed by atoms with Crippen molar-refractivity contribution in [3.8, 4) is 0 Å². The number of nitrogens with zero attached hydrogens (tertiary/aromatic N) is 3. The molecule has 8 heteroatoms. The first-order valence-corrected chi connectivity index (χ1v) is 6.32. The first-order valence-electron chi connectivity index (χ1n) is 6.32. The molecule has 3 N–H and O–H groups in total. The second-order valence-electron chi connectivity index (χ2n) is 4.46. The highest BCUT2D eigenvalue weighted by Crippen LogP contribution is 2.10. The number of hydrogen-bond donors (Lipinski definition) is 2. The van der Waals surface area contributed by atoms with Gasteiger partial charge in [0.15, 0.2) is 0 Å². The predicted molar refractivity (Wildman–Crippen MR) is 78.9 cm³/mol. The second-order valence-corrected chi connectivity index (χ2v) is 4.46. The van der Waals surface area contributed by atoms with Crippen molar-refractivity contribution in [2.75, 3.05) is 5.73 Å². The van der Waals surface area contributed by atoms with Crippen LogP contribution < -0.4 is 16.1 Å². The minimum atomic E-state index is -0.417. The van der Waals surface area contributed by atoms with Crippen molar-refractivity contribution < 1.29 is 14.3 Å². The molecular weight excluding hydrogens is 286 g/mol. The molecule has 22 heavy (non-hydrogen) atoms. The molecule has 0 aliphatic heterocycles. The van der Waals surface area contributed by atoms with E-state index in [1.54, 1.807) is 42.5 Å². The third-order valence-electron chi connectivity index (χ3n) is 2.99. The summed E-state index contributed by atoms with van der Waals surface area (Å²) in [6, 6.07) is 11.5. The van der Waals surface area contributed by atoms with Crippen LogP contribution in [-0.2, 0) is 0 Å². The lowest BCUT2D eigenvalue weighted by Gasteiger charge is -2.02. The van der Waals surface area contributed by atoms with Crippen LogP contribution in [0.2, 0.25) is 0 Å². The summed E-state index contributed by atoms with van der Waals surface area (Å²) in [5.41, 5.74) is 10.1. The lowest BCUT2D eigenvalue weighted by molar-refractivity contribution is -0.782. The Balaban J connectivity index is 1.74. The van der Waals surface area contributed by atoms with Crippen molar-refractivity contribution in [2.24, 2.45) is 5.10 Å². The van der Waals surface area contributed by atoms with Gasteiger partial charge in [0.2, 0.25) is 11.0 Å². The third kappa shape index (κ3) is 2.57. The number of benzene rings is 2. The Kier molecular flexibility index (Phi) is 3.40. The first-order chi connectivity index (χ1) is 10.6. The molecule has 2 aromatic carbocycles. The Bertz CT molecular complexity index is 872. The average molecular weight is 297 g/mol. The van der Waals surface area contributed by atoms with Gasteiger partial charge in [-0.1, -0.05) is 12.1 Å². The number of hydrogen-bond acceptors (Lipinski definition) is 6. The molecule has 0 aliphatic rings. The minimum absolute atomic E-state index is 0.280. The van der Waals surface area contributed by atoms with Gasteiger partial charge in [-0.2, -0.15) is 5.10 Å². The minimum Gasteiger partial charge on any atom is -0.398 e. The van der Waals surface area contributed by atoms with Crippen LogP contribution in [0.3, 0.4) is 0 Å². The summed E-state index contributed by atoms with van der Waals surface area (Å²) in [6.45, 7) is 0. The zero-order valence-corrected chi connectivity index (χ0v) is 11.3. The topological polar surface area (TPSA) is 120 Å². The van der Waals surface area contributed by atoms with E-state index in [-0.39, 0.29) is 5.52 Å². The largest absolute Gasteiger partial charge is 0.398 e. The summed E-state index contributed by atoms with van der Waals surface area (Å²) < 4.78 is 4.47. The maximum Gasteiger partial charge on any atom is 0.273 e. The lowest BCUT2D eigenvalue weighted by atomic mass is 10.2. The molecule has 0 atom stereocenters. The molecule has 0 fully saturated rings. The van der Waals surface area contributed by atoms with Crippen LogP contribution in [0, 0.1) is 5.21 Å². The van der Waals surface area contributed by atoms with Crippen LogP contribution in [0.5, 0.6) is 0 Å². The van der Waals surface area contributed by atoms with Gasteiger partial charge in [0.25, 0.3) is 5.91 Å². The standard InChI is InChI=1S/C14H11N5O3/c15-11-4-2-1-3-10(11)14(20)17-16-8-9-5-6-12-13(7-9)19(21)22-18-12/h1-8H,15H2,(H,17,20)/b16-8+. The predicted octanol–water partition coefficient (Wildman–Crippen LogP) is 0.807. The highest BCUT2D eigenvalue weighted by Gasteiger charge is 2.09. The second kappa shape index (κ2) is 5.52. The number of nitrogen functional groups attached to an aromatic ring is 1. The molecule has 1 aromatic heterocycles. The molecular formula is C14H11N5O3. The fourth-order valence-electron chi connectivity index (χ4n) is 1.90. The van der Waals surface area contributed by atoms with E-state index in [1.807, 2.05) is 0 Å². The Morgan fingerprint density at radius 1 is 1.36 bits per heavy atom. The molecule has 0 aliphatic carbocycles. The monoisotopic (exact) mass is 297 g/mol. The van der Waals surface area contributed by atoms with E-state index in [4.69, 9.17) is 5.73 Å². The number of carbonyl (C=O) groups excluding carboxylic acids is 1. The molecule has 1 amide bonds. The summed E-state index contributed by atoms with van der Waals surface area (Å²) in [7, 11) is 0. The quantitative estimate of drug-likeness (QED) is 0.321. The van der Waals surface area contributed by atoms with Crippen molar-refractivity contribution in [1.82, 2.24) is 10.6 Å². The van der Waals surface area contributed by atoms with E-state index >= 15 is 0 Å². The zero-order valence-electron chi connectivity index (χ0n) is 11.3. The van der Waals surface area contributed by atoms with Gasteiger partial charge in [0.05, 0.1) is 11.8 Å². The number of nitrogens with one attached hydrogen (secondary N) is 1. The van der Waals surface area contributed by atoms with Crippen LogP contribution in [-0.4, -0.2) is 17.3 Å². The Hall–Kier alpha value is -3.42. The van der Waals surface area contributed by atoms with Crippen LogP contribution in [0.4, 0.5) is 5.69 Å². The van der Waals surface area contributed by atoms with Crippen molar-refractivity contribution in [3.05, 3.63) is 58.8 Å². The molecule has 0 bridgehead atoms. The summed E-state index contributed by atoms with van der Waals surface area (Å²) in [4.78, 5) is 12.2. The van der Waals surface area contributed by atoms with Gasteiger partial charge in [-0.15, -0.1) is 0 Å². The van der Waals surface area contributed by atoms with Gasteiger partial charge in [0, 0.05) is 16.9 Å². The van der Waals surface area contributed by atoms with Crippen molar-refractivity contribution in [1.29, 1.82) is 0 Å². The fourth-order valence-corrected chi connectivity index (χ4v) is 1.90. The number of para-hydroxylation sites is 1. The molecule has 110 valence electrons. The van der Waals surface area contributed by atoms with Crippen molar-refractivity contribution >= 4 is 28.8 Å². The van der Waals surface area contributed by atoms with E-state index in [1.165, 1.54) is 6.21 Å². The normalized spacial score (nSPS) is 11.1. The molecule has 0 radical (unpaired) electrons. The molecule has 0 saturated carbocycles. The van der Waals surface area contributed by atoms with Crippen LogP contribution >= 0.6 is 0 Å². The van der Waals surface area contributed by atoms with Crippen molar-refractivity contribution in [2.45, 2.75) is 0 Å². The average Bonchev–Trinajstić information content (AvgIpc) is 2.89. The molecule has 0 spiro atoms. The number of aromatic nitrogens is 2. The fraction of sp³-hybridized carbons (Fsp3) is 0. The summed E-state index contributed by atoms with van der Waals surface area (Å²) in [5.74, 6) is -0.417. The molecule has 8 nitrogen and oxygen atoms in total. The maximum absolute atomic E-state index is 11.9. The van der Waals surface area contributed by atoms with E-state index in [9.17, 15) is 10.0 Å². The molecule has 3 rings (SSSR count). The van der Waals surface area contributed by atoms with E-state index in [0.29, 0.717) is 27.2 Å². The number of nitrogens with two attached hydrogens (primary N) is 1. The summed E-state index contributed by atoms with van der Waals surface area (Å²) in [5, 5.41) is 18.7. The summed E-state index contributed by atoms with van der Waals surface area (Å²) >= 11 is 0. The molecule has 0 saturated heterocycles. The highest BCUT2D eigenvalue weighted by molar-refractivity contribution is 5.99. The summed E-state index contributed by atoms with van der Waals surface area (Å²) in [6.07, 6.45) is 1.41. The van der Waals surface area contributed by atoms with Gasteiger partial charge in [-0.25, -0.2) is 5.43 Å². The van der Waals surface area contributed by atoms with E-state index < -0.39 is 5.91 Å². The van der Waals surface area contributed by atoms with Crippen LogP contribution in [0.15, 0.2) is 52.2 Å². The number of rotatable bonds is 3. The lowest BCUT2D eigenvalue weighted by Crippen LogP contribution is -2.22. The number of amides is 1. The molecule has 0 unspecified atom stereocenters. The van der Waals surface area contributed by atoms with Crippen molar-refractivity contribution in [3.63, 3.8) is 0 Å². The van der Waals surface area contributed by atoms with Gasteiger partial charge in [-0.3, -0.25) is 9.42 Å².